The first-order valence-corrected chi connectivity index (χ1v) is 8.31. The van der Waals surface area contributed by atoms with Crippen LogP contribution < -0.4 is 9.47 Å². The fourth-order valence-corrected chi connectivity index (χ4v) is 3.39. The molecule has 130 valence electrons. The number of alkyl halides is 2. The fourth-order valence-electron chi connectivity index (χ4n) is 2.14. The maximum atomic E-state index is 14.6. The summed E-state index contributed by atoms with van der Waals surface area (Å²) >= 11 is 0. The number of sulfone groups is 1. The molecule has 0 amide bonds. The normalized spacial score (nSPS) is 13.4. The molecule has 0 spiro atoms. The summed E-state index contributed by atoms with van der Waals surface area (Å²) in [5, 5.41) is 5.65. The molecule has 0 fully saturated rings. The van der Waals surface area contributed by atoms with Crippen molar-refractivity contribution in [2.75, 3.05) is 14.2 Å². The Morgan fingerprint density at radius 1 is 1.04 bits per heavy atom. The van der Waals surface area contributed by atoms with E-state index in [1.54, 1.807) is 0 Å². The van der Waals surface area contributed by atoms with E-state index in [2.05, 4.69) is 0 Å². The van der Waals surface area contributed by atoms with E-state index in [-0.39, 0.29) is 17.1 Å². The van der Waals surface area contributed by atoms with Crippen LogP contribution in [0.1, 0.15) is 11.7 Å². The molecule has 0 aliphatic heterocycles. The second kappa shape index (κ2) is 6.74. The first kappa shape index (κ1) is 18.2. The van der Waals surface area contributed by atoms with Crippen molar-refractivity contribution in [2.24, 2.45) is 0 Å². The average molecular weight is 358 g/mol. The molecule has 8 heteroatoms. The van der Waals surface area contributed by atoms with Gasteiger partial charge in [-0.05, 0) is 30.3 Å². The number of benzene rings is 2. The largest absolute Gasteiger partial charge is 0.497 e. The maximum absolute atomic E-state index is 14.6. The molecule has 0 radical (unpaired) electrons. The van der Waals surface area contributed by atoms with E-state index in [0.717, 1.165) is 18.2 Å². The van der Waals surface area contributed by atoms with Crippen molar-refractivity contribution in [1.82, 2.24) is 0 Å². The Bertz CT molecular complexity index is 806. The minimum absolute atomic E-state index is 0.0776. The van der Waals surface area contributed by atoms with Crippen LogP contribution in [0.4, 0.5) is 8.78 Å². The fraction of sp³-hybridized carbons (Fsp3) is 0.250. The van der Waals surface area contributed by atoms with Gasteiger partial charge in [0, 0.05) is 5.56 Å². The van der Waals surface area contributed by atoms with Crippen molar-refractivity contribution >= 4 is 9.84 Å². The van der Waals surface area contributed by atoms with Gasteiger partial charge in [-0.3, -0.25) is 0 Å². The van der Waals surface area contributed by atoms with Crippen LogP contribution in [-0.2, 0) is 9.84 Å². The van der Waals surface area contributed by atoms with Crippen molar-refractivity contribution in [2.45, 2.75) is 16.3 Å². The number of hydrogen-bond donors (Lipinski definition) is 1. The SMILES string of the molecule is COc1ccc(OC)c(C(O)C(F)(F)S(=O)(=O)c2ccccc2)c1. The van der Waals surface area contributed by atoms with Gasteiger partial charge in [0.15, 0.2) is 6.10 Å². The van der Waals surface area contributed by atoms with E-state index in [1.165, 1.54) is 44.6 Å². The van der Waals surface area contributed by atoms with Crippen molar-refractivity contribution < 1.29 is 31.8 Å². The van der Waals surface area contributed by atoms with Gasteiger partial charge in [0.25, 0.3) is 0 Å². The van der Waals surface area contributed by atoms with Gasteiger partial charge in [-0.15, -0.1) is 0 Å². The molecule has 2 aromatic rings. The third kappa shape index (κ3) is 3.07. The number of rotatable bonds is 6. The second-order valence-corrected chi connectivity index (χ2v) is 6.91. The second-order valence-electron chi connectivity index (χ2n) is 4.89. The van der Waals surface area contributed by atoms with Gasteiger partial charge in [0.1, 0.15) is 11.5 Å². The smallest absolute Gasteiger partial charge is 0.379 e. The molecule has 0 bridgehead atoms. The molecule has 2 aromatic carbocycles. The highest BCUT2D eigenvalue weighted by Crippen LogP contribution is 2.43. The number of ether oxygens (including phenoxy) is 2. The predicted molar refractivity (Wildman–Crippen MR) is 83.1 cm³/mol. The van der Waals surface area contributed by atoms with Gasteiger partial charge in [0.05, 0.1) is 19.1 Å². The minimum Gasteiger partial charge on any atom is -0.497 e. The Balaban J connectivity index is 2.53. The maximum Gasteiger partial charge on any atom is 0.379 e. The monoisotopic (exact) mass is 358 g/mol. The summed E-state index contributed by atoms with van der Waals surface area (Å²) in [5.74, 6) is 0.101. The Hall–Kier alpha value is -2.19. The predicted octanol–water partition coefficient (Wildman–Crippen LogP) is 2.80. The minimum atomic E-state index is -5.11. The lowest BCUT2D eigenvalue weighted by molar-refractivity contribution is -0.0444. The zero-order valence-corrected chi connectivity index (χ0v) is 13.8. The van der Waals surface area contributed by atoms with Crippen LogP contribution in [0, 0.1) is 0 Å². The molecule has 1 atom stereocenters. The van der Waals surface area contributed by atoms with Crippen LogP contribution >= 0.6 is 0 Å². The van der Waals surface area contributed by atoms with Gasteiger partial charge in [0.2, 0.25) is 9.84 Å². The third-order valence-electron chi connectivity index (χ3n) is 3.46. The van der Waals surface area contributed by atoms with E-state index < -0.39 is 26.1 Å². The van der Waals surface area contributed by atoms with Gasteiger partial charge in [-0.1, -0.05) is 18.2 Å². The van der Waals surface area contributed by atoms with Crippen molar-refractivity contribution in [3.8, 4) is 11.5 Å². The first-order chi connectivity index (χ1) is 11.3. The van der Waals surface area contributed by atoms with E-state index in [9.17, 15) is 22.3 Å². The van der Waals surface area contributed by atoms with Crippen LogP contribution in [-0.4, -0.2) is 33.0 Å². The average Bonchev–Trinajstić information content (AvgIpc) is 2.60. The molecule has 0 saturated carbocycles. The summed E-state index contributed by atoms with van der Waals surface area (Å²) in [5.41, 5.74) is -0.388. The van der Waals surface area contributed by atoms with Crippen molar-refractivity contribution in [1.29, 1.82) is 0 Å². The molecule has 1 unspecified atom stereocenters. The lowest BCUT2D eigenvalue weighted by Crippen LogP contribution is -2.36. The van der Waals surface area contributed by atoms with Crippen LogP contribution in [0.25, 0.3) is 0 Å². The summed E-state index contributed by atoms with van der Waals surface area (Å²) in [6.07, 6.45) is -2.63. The summed E-state index contributed by atoms with van der Waals surface area (Å²) in [6.45, 7) is 0. The van der Waals surface area contributed by atoms with Gasteiger partial charge in [-0.25, -0.2) is 8.42 Å². The van der Waals surface area contributed by atoms with E-state index in [0.29, 0.717) is 0 Å². The van der Waals surface area contributed by atoms with Crippen molar-refractivity contribution in [3.63, 3.8) is 0 Å². The zero-order valence-electron chi connectivity index (χ0n) is 12.9. The van der Waals surface area contributed by atoms with E-state index in [1.807, 2.05) is 0 Å². The third-order valence-corrected chi connectivity index (χ3v) is 5.29. The zero-order chi connectivity index (χ0) is 18.0. The Kier molecular flexibility index (Phi) is 5.10. The molecule has 0 saturated heterocycles. The van der Waals surface area contributed by atoms with Crippen LogP contribution in [0.2, 0.25) is 0 Å². The Morgan fingerprint density at radius 2 is 1.67 bits per heavy atom. The molecule has 0 aliphatic carbocycles. The van der Waals surface area contributed by atoms with Crippen LogP contribution in [0.3, 0.4) is 0 Å². The highest BCUT2D eigenvalue weighted by atomic mass is 32.2. The van der Waals surface area contributed by atoms with E-state index >= 15 is 0 Å². The lowest BCUT2D eigenvalue weighted by atomic mass is 10.1. The summed E-state index contributed by atoms with van der Waals surface area (Å²) in [4.78, 5) is -0.587. The molecule has 2 rings (SSSR count). The lowest BCUT2D eigenvalue weighted by Gasteiger charge is -2.24. The number of aliphatic hydroxyl groups excluding tert-OH is 1. The van der Waals surface area contributed by atoms with Gasteiger partial charge >= 0.3 is 5.25 Å². The summed E-state index contributed by atoms with van der Waals surface area (Å²) in [7, 11) is -2.57. The molecule has 0 aliphatic rings. The molecule has 24 heavy (non-hydrogen) atoms. The molecule has 0 aromatic heterocycles. The Morgan fingerprint density at radius 3 is 2.21 bits per heavy atom. The van der Waals surface area contributed by atoms with E-state index in [4.69, 9.17) is 9.47 Å². The molecular formula is C16H16F2O5S. The highest BCUT2D eigenvalue weighted by molar-refractivity contribution is 7.92. The standard InChI is InChI=1S/C16H16F2O5S/c1-22-11-8-9-14(23-2)13(10-11)15(19)16(17,18)24(20,21)12-6-4-3-5-7-12/h3-10,15,19H,1-2H3. The molecule has 0 heterocycles. The quantitative estimate of drug-likeness (QED) is 0.860. The molecule has 5 nitrogen and oxygen atoms in total. The molecule has 1 N–H and O–H groups in total. The van der Waals surface area contributed by atoms with Gasteiger partial charge in [-0.2, -0.15) is 8.78 Å². The number of halogens is 2. The summed E-state index contributed by atoms with van der Waals surface area (Å²) < 4.78 is 63.5. The first-order valence-electron chi connectivity index (χ1n) is 6.83. The molecular weight excluding hydrogens is 342 g/mol. The van der Waals surface area contributed by atoms with Gasteiger partial charge < -0.3 is 14.6 Å². The Labute approximate surface area is 138 Å². The van der Waals surface area contributed by atoms with Crippen LogP contribution in [0.15, 0.2) is 53.4 Å². The van der Waals surface area contributed by atoms with Crippen LogP contribution in [0.5, 0.6) is 11.5 Å². The number of hydrogen-bond acceptors (Lipinski definition) is 5. The highest BCUT2D eigenvalue weighted by Gasteiger charge is 2.53. The topological polar surface area (TPSA) is 72.8 Å². The number of methoxy groups -OCH3 is 2. The van der Waals surface area contributed by atoms with Crippen molar-refractivity contribution in [3.05, 3.63) is 54.1 Å². The summed E-state index contributed by atoms with van der Waals surface area (Å²) in [6, 6.07) is 10.1. The number of aliphatic hydroxyl groups is 1.